The average Bonchev–Trinajstić information content (AvgIpc) is 3.32. The maximum Gasteiger partial charge on any atom is 0.322 e. The quantitative estimate of drug-likeness (QED) is 0.417. The highest BCUT2D eigenvalue weighted by Gasteiger charge is 2.22. The Balaban J connectivity index is 1.74. The maximum absolute atomic E-state index is 13.4. The highest BCUT2D eigenvalue weighted by atomic mass is 35.5. The number of aryl methyl sites for hydroxylation is 1. The molecular weight excluding hydrogens is 458 g/mol. The molecule has 0 bridgehead atoms. The molecule has 6 nitrogen and oxygen atoms in total. The molecular formula is C25H28ClN3O3S. The molecule has 33 heavy (non-hydrogen) atoms. The largest absolute Gasteiger partial charge is 0.383 e. The number of hydrogen-bond donors (Lipinski definition) is 1. The molecule has 0 atom stereocenters. The molecule has 0 radical (unpaired) electrons. The standard InChI is InChI=1S/C25H28ClN3O3S/c1-19-10-11-21(15-23(19)26)27-25(31)28(12-13-32-2)18-24(30)29(17-22-9-6-14-33-22)16-20-7-4-3-5-8-20/h3-11,14-15H,12-13,16-18H2,1-2H3,(H,27,31). The van der Waals surface area contributed by atoms with Crippen LogP contribution in [0.3, 0.4) is 0 Å². The molecule has 1 heterocycles. The minimum absolute atomic E-state index is 0.0625. The van der Waals surface area contributed by atoms with E-state index in [1.165, 1.54) is 4.90 Å². The first-order valence-electron chi connectivity index (χ1n) is 10.6. The van der Waals surface area contributed by atoms with Crippen molar-refractivity contribution in [3.05, 3.63) is 87.1 Å². The fraction of sp³-hybridized carbons (Fsp3) is 0.280. The molecule has 1 aromatic heterocycles. The molecule has 0 spiro atoms. The van der Waals surface area contributed by atoms with Crippen molar-refractivity contribution >= 4 is 40.6 Å². The van der Waals surface area contributed by atoms with Crippen LogP contribution in [0.25, 0.3) is 0 Å². The minimum Gasteiger partial charge on any atom is -0.383 e. The lowest BCUT2D eigenvalue weighted by Gasteiger charge is -2.27. The van der Waals surface area contributed by atoms with Gasteiger partial charge < -0.3 is 19.9 Å². The van der Waals surface area contributed by atoms with Crippen molar-refractivity contribution in [3.8, 4) is 0 Å². The number of amides is 3. The smallest absolute Gasteiger partial charge is 0.322 e. The van der Waals surface area contributed by atoms with Crippen molar-refractivity contribution in [1.82, 2.24) is 9.80 Å². The van der Waals surface area contributed by atoms with Crippen molar-refractivity contribution < 1.29 is 14.3 Å². The van der Waals surface area contributed by atoms with Crippen molar-refractivity contribution in [2.45, 2.75) is 20.0 Å². The molecule has 174 valence electrons. The molecule has 1 N–H and O–H groups in total. The van der Waals surface area contributed by atoms with Gasteiger partial charge in [-0.2, -0.15) is 0 Å². The Bertz CT molecular complexity index is 1040. The van der Waals surface area contributed by atoms with E-state index in [4.69, 9.17) is 16.3 Å². The van der Waals surface area contributed by atoms with E-state index in [9.17, 15) is 9.59 Å². The summed E-state index contributed by atoms with van der Waals surface area (Å²) in [4.78, 5) is 30.7. The lowest BCUT2D eigenvalue weighted by molar-refractivity contribution is -0.133. The van der Waals surface area contributed by atoms with Crippen LogP contribution in [0.4, 0.5) is 10.5 Å². The maximum atomic E-state index is 13.4. The zero-order chi connectivity index (χ0) is 23.6. The molecule has 0 saturated carbocycles. The number of carbonyl (C=O) groups is 2. The van der Waals surface area contributed by atoms with Crippen LogP contribution in [0.5, 0.6) is 0 Å². The number of anilines is 1. The van der Waals surface area contributed by atoms with Crippen LogP contribution in [0.15, 0.2) is 66.0 Å². The molecule has 8 heteroatoms. The van der Waals surface area contributed by atoms with Crippen molar-refractivity contribution in [2.24, 2.45) is 0 Å². The third-order valence-corrected chi connectivity index (χ3v) is 6.37. The average molecular weight is 486 g/mol. The zero-order valence-electron chi connectivity index (χ0n) is 18.8. The molecule has 0 aliphatic heterocycles. The van der Waals surface area contributed by atoms with Crippen LogP contribution >= 0.6 is 22.9 Å². The molecule has 3 aromatic rings. The lowest BCUT2D eigenvalue weighted by Crippen LogP contribution is -2.45. The van der Waals surface area contributed by atoms with E-state index in [2.05, 4.69) is 5.32 Å². The first kappa shape index (κ1) is 24.8. The number of nitrogens with zero attached hydrogens (tertiary/aromatic N) is 2. The van der Waals surface area contributed by atoms with Gasteiger partial charge in [-0.1, -0.05) is 54.1 Å². The van der Waals surface area contributed by atoms with Gasteiger partial charge in [0.05, 0.1) is 13.2 Å². The number of thiophene rings is 1. The number of ether oxygens (including phenoxy) is 1. The van der Waals surface area contributed by atoms with Gasteiger partial charge in [-0.15, -0.1) is 11.3 Å². The lowest BCUT2D eigenvalue weighted by atomic mass is 10.2. The monoisotopic (exact) mass is 485 g/mol. The molecule has 0 saturated heterocycles. The summed E-state index contributed by atoms with van der Waals surface area (Å²) in [5.74, 6) is -0.138. The minimum atomic E-state index is -0.379. The number of methoxy groups -OCH3 is 1. The van der Waals surface area contributed by atoms with Crippen LogP contribution in [-0.4, -0.2) is 48.5 Å². The predicted molar refractivity (Wildman–Crippen MR) is 134 cm³/mol. The summed E-state index contributed by atoms with van der Waals surface area (Å²) in [6.07, 6.45) is 0. The van der Waals surface area contributed by atoms with Crippen molar-refractivity contribution in [3.63, 3.8) is 0 Å². The first-order chi connectivity index (χ1) is 16.0. The summed E-state index contributed by atoms with van der Waals surface area (Å²) >= 11 is 7.79. The van der Waals surface area contributed by atoms with E-state index < -0.39 is 0 Å². The van der Waals surface area contributed by atoms with Gasteiger partial charge in [0, 0.05) is 35.8 Å². The fourth-order valence-corrected chi connectivity index (χ4v) is 4.12. The number of rotatable bonds is 10. The van der Waals surface area contributed by atoms with Gasteiger partial charge in [0.15, 0.2) is 0 Å². The van der Waals surface area contributed by atoms with E-state index in [1.807, 2.05) is 60.8 Å². The number of carbonyl (C=O) groups excluding carboxylic acids is 2. The van der Waals surface area contributed by atoms with Gasteiger partial charge in [0.25, 0.3) is 0 Å². The Labute approximate surface area is 203 Å². The Hall–Kier alpha value is -2.87. The van der Waals surface area contributed by atoms with Crippen LogP contribution in [0.2, 0.25) is 5.02 Å². The van der Waals surface area contributed by atoms with Gasteiger partial charge in [0.2, 0.25) is 5.91 Å². The molecule has 2 aromatic carbocycles. The van der Waals surface area contributed by atoms with E-state index in [0.29, 0.717) is 30.4 Å². The SMILES string of the molecule is COCCN(CC(=O)N(Cc1ccccc1)Cc1cccs1)C(=O)Nc1ccc(C)c(Cl)c1. The van der Waals surface area contributed by atoms with E-state index in [0.717, 1.165) is 16.0 Å². The zero-order valence-corrected chi connectivity index (χ0v) is 20.4. The first-order valence-corrected chi connectivity index (χ1v) is 11.9. The second-order valence-electron chi connectivity index (χ2n) is 7.62. The van der Waals surface area contributed by atoms with Gasteiger partial charge in [-0.05, 0) is 41.6 Å². The number of halogens is 1. The summed E-state index contributed by atoms with van der Waals surface area (Å²) in [5, 5.41) is 5.40. The number of nitrogens with one attached hydrogen (secondary N) is 1. The molecule has 3 rings (SSSR count). The van der Waals surface area contributed by atoms with Crippen molar-refractivity contribution in [2.75, 3.05) is 32.1 Å². The summed E-state index contributed by atoms with van der Waals surface area (Å²) in [6.45, 7) is 3.38. The topological polar surface area (TPSA) is 61.9 Å². The second-order valence-corrected chi connectivity index (χ2v) is 9.06. The van der Waals surface area contributed by atoms with Gasteiger partial charge in [0.1, 0.15) is 6.54 Å². The Morgan fingerprint density at radius 3 is 2.48 bits per heavy atom. The van der Waals surface area contributed by atoms with E-state index >= 15 is 0 Å². The Morgan fingerprint density at radius 2 is 1.82 bits per heavy atom. The number of urea groups is 1. The predicted octanol–water partition coefficient (Wildman–Crippen LogP) is 5.42. The molecule has 0 aliphatic carbocycles. The fourth-order valence-electron chi connectivity index (χ4n) is 3.22. The summed E-state index contributed by atoms with van der Waals surface area (Å²) in [5.41, 5.74) is 2.53. The summed E-state index contributed by atoms with van der Waals surface area (Å²) in [7, 11) is 1.57. The molecule has 0 aliphatic rings. The highest BCUT2D eigenvalue weighted by Crippen LogP contribution is 2.20. The molecule has 0 fully saturated rings. The number of hydrogen-bond acceptors (Lipinski definition) is 4. The number of benzene rings is 2. The Morgan fingerprint density at radius 1 is 1.03 bits per heavy atom. The highest BCUT2D eigenvalue weighted by molar-refractivity contribution is 7.09. The normalized spacial score (nSPS) is 10.6. The van der Waals surface area contributed by atoms with Crippen LogP contribution in [0, 0.1) is 6.92 Å². The van der Waals surface area contributed by atoms with E-state index in [-0.39, 0.29) is 25.0 Å². The van der Waals surface area contributed by atoms with Gasteiger partial charge in [-0.3, -0.25) is 4.79 Å². The molecule has 0 unspecified atom stereocenters. The van der Waals surface area contributed by atoms with Crippen molar-refractivity contribution in [1.29, 1.82) is 0 Å². The second kappa shape index (κ2) is 12.4. The third kappa shape index (κ3) is 7.60. The van der Waals surface area contributed by atoms with Gasteiger partial charge in [-0.25, -0.2) is 4.79 Å². The molecule has 3 amide bonds. The summed E-state index contributed by atoms with van der Waals surface area (Å²) < 4.78 is 5.16. The van der Waals surface area contributed by atoms with Crippen LogP contribution in [0.1, 0.15) is 16.0 Å². The van der Waals surface area contributed by atoms with Gasteiger partial charge >= 0.3 is 6.03 Å². The van der Waals surface area contributed by atoms with E-state index in [1.54, 1.807) is 35.5 Å². The van der Waals surface area contributed by atoms with Crippen LogP contribution in [-0.2, 0) is 22.6 Å². The Kier molecular flexibility index (Phi) is 9.30. The third-order valence-electron chi connectivity index (χ3n) is 5.10. The summed E-state index contributed by atoms with van der Waals surface area (Å²) in [6, 6.07) is 18.8. The van der Waals surface area contributed by atoms with Crippen LogP contribution < -0.4 is 5.32 Å².